The van der Waals surface area contributed by atoms with Gasteiger partial charge in [0.15, 0.2) is 0 Å². The summed E-state index contributed by atoms with van der Waals surface area (Å²) in [5, 5.41) is 0. The van der Waals surface area contributed by atoms with Gasteiger partial charge in [-0.1, -0.05) is 6.07 Å². The van der Waals surface area contributed by atoms with Crippen LogP contribution in [0, 0.1) is 11.7 Å². The van der Waals surface area contributed by atoms with E-state index in [1.165, 1.54) is 18.9 Å². The van der Waals surface area contributed by atoms with E-state index in [0.717, 1.165) is 0 Å². The highest BCUT2D eigenvalue weighted by atomic mass is 19.1. The molecule has 1 fully saturated rings. The predicted molar refractivity (Wildman–Crippen MR) is 57.2 cm³/mol. The second kappa shape index (κ2) is 4.19. The fraction of sp³-hybridized carbons (Fsp3) is 0.500. The summed E-state index contributed by atoms with van der Waals surface area (Å²) in [5.41, 5.74) is 6.20. The molecule has 15 heavy (non-hydrogen) atoms. The van der Waals surface area contributed by atoms with Crippen molar-refractivity contribution in [2.45, 2.75) is 25.8 Å². The Balaban J connectivity index is 2.15. The number of nitrogens with two attached hydrogens (primary N) is 1. The minimum Gasteiger partial charge on any atom is -0.493 e. The summed E-state index contributed by atoms with van der Waals surface area (Å²) in [6.45, 7) is 2.45. The van der Waals surface area contributed by atoms with Crippen molar-refractivity contribution in [2.24, 2.45) is 11.7 Å². The van der Waals surface area contributed by atoms with E-state index in [2.05, 4.69) is 0 Å². The Hall–Kier alpha value is -1.09. The van der Waals surface area contributed by atoms with Gasteiger partial charge in [0.1, 0.15) is 11.6 Å². The summed E-state index contributed by atoms with van der Waals surface area (Å²) in [6.07, 6.45) is 2.45. The fourth-order valence-corrected chi connectivity index (χ4v) is 1.58. The van der Waals surface area contributed by atoms with Crippen LogP contribution in [0.4, 0.5) is 4.39 Å². The van der Waals surface area contributed by atoms with Crippen LogP contribution in [0.5, 0.6) is 5.75 Å². The van der Waals surface area contributed by atoms with Gasteiger partial charge in [-0.15, -0.1) is 0 Å². The topological polar surface area (TPSA) is 35.2 Å². The number of benzene rings is 1. The van der Waals surface area contributed by atoms with Crippen molar-refractivity contribution in [1.82, 2.24) is 0 Å². The van der Waals surface area contributed by atoms with Gasteiger partial charge in [0.05, 0.1) is 6.61 Å². The van der Waals surface area contributed by atoms with E-state index in [1.54, 1.807) is 19.1 Å². The molecule has 3 heteroatoms. The van der Waals surface area contributed by atoms with Crippen LogP contribution in [-0.2, 0) is 0 Å². The Morgan fingerprint density at radius 2 is 2.27 bits per heavy atom. The summed E-state index contributed by atoms with van der Waals surface area (Å²) in [7, 11) is 0. The van der Waals surface area contributed by atoms with Crippen LogP contribution >= 0.6 is 0 Å². The Kier molecular flexibility index (Phi) is 2.91. The third kappa shape index (κ3) is 2.48. The third-order valence-electron chi connectivity index (χ3n) is 2.64. The standard InChI is InChI=1S/C12H16FNO/c1-8(14)12-10(13)3-2-4-11(12)15-7-9-5-6-9/h2-4,8-9H,5-7,14H2,1H3. The van der Waals surface area contributed by atoms with Crippen LogP contribution in [0.2, 0.25) is 0 Å². The second-order valence-electron chi connectivity index (χ2n) is 4.19. The van der Waals surface area contributed by atoms with Gasteiger partial charge >= 0.3 is 0 Å². The molecule has 1 aromatic carbocycles. The lowest BCUT2D eigenvalue weighted by atomic mass is 10.1. The average molecular weight is 209 g/mol. The van der Waals surface area contributed by atoms with Crippen molar-refractivity contribution >= 4 is 0 Å². The van der Waals surface area contributed by atoms with E-state index in [0.29, 0.717) is 23.8 Å². The van der Waals surface area contributed by atoms with Crippen molar-refractivity contribution in [3.63, 3.8) is 0 Å². The van der Waals surface area contributed by atoms with E-state index in [9.17, 15) is 4.39 Å². The van der Waals surface area contributed by atoms with E-state index in [1.807, 2.05) is 0 Å². The predicted octanol–water partition coefficient (Wildman–Crippen LogP) is 2.63. The number of hydrogen-bond donors (Lipinski definition) is 1. The summed E-state index contributed by atoms with van der Waals surface area (Å²) in [5.74, 6) is 0.976. The van der Waals surface area contributed by atoms with Gasteiger partial charge in [-0.25, -0.2) is 4.39 Å². The first kappa shape index (κ1) is 10.4. The highest BCUT2D eigenvalue weighted by Crippen LogP contribution is 2.32. The maximum Gasteiger partial charge on any atom is 0.131 e. The molecule has 1 saturated carbocycles. The molecule has 0 saturated heterocycles. The van der Waals surface area contributed by atoms with Crippen LogP contribution in [0.15, 0.2) is 18.2 Å². The SMILES string of the molecule is CC(N)c1c(F)cccc1OCC1CC1. The molecule has 0 heterocycles. The molecule has 1 aromatic rings. The number of halogens is 1. The van der Waals surface area contributed by atoms with Gasteiger partial charge < -0.3 is 10.5 Å². The Morgan fingerprint density at radius 1 is 1.53 bits per heavy atom. The minimum atomic E-state index is -0.333. The Labute approximate surface area is 89.2 Å². The number of hydrogen-bond acceptors (Lipinski definition) is 2. The fourth-order valence-electron chi connectivity index (χ4n) is 1.58. The van der Waals surface area contributed by atoms with Gasteiger partial charge in [-0.3, -0.25) is 0 Å². The van der Waals surface area contributed by atoms with E-state index < -0.39 is 0 Å². The largest absolute Gasteiger partial charge is 0.493 e. The normalized spacial score (nSPS) is 17.5. The van der Waals surface area contributed by atoms with Gasteiger partial charge in [0, 0.05) is 11.6 Å². The first-order valence-corrected chi connectivity index (χ1v) is 5.35. The molecule has 2 nitrogen and oxygen atoms in total. The van der Waals surface area contributed by atoms with Crippen molar-refractivity contribution in [2.75, 3.05) is 6.61 Å². The number of rotatable bonds is 4. The summed E-state index contributed by atoms with van der Waals surface area (Å²) >= 11 is 0. The molecule has 2 rings (SSSR count). The van der Waals surface area contributed by atoms with Crippen LogP contribution in [-0.4, -0.2) is 6.61 Å². The molecule has 0 radical (unpaired) electrons. The van der Waals surface area contributed by atoms with Crippen LogP contribution < -0.4 is 10.5 Å². The zero-order valence-electron chi connectivity index (χ0n) is 8.87. The van der Waals surface area contributed by atoms with Gasteiger partial charge in [0.2, 0.25) is 0 Å². The van der Waals surface area contributed by atoms with Gasteiger partial charge in [-0.2, -0.15) is 0 Å². The minimum absolute atomic E-state index is 0.279. The van der Waals surface area contributed by atoms with Gasteiger partial charge in [-0.05, 0) is 37.8 Å². The molecule has 1 unspecified atom stereocenters. The molecule has 1 aliphatic carbocycles. The summed E-state index contributed by atoms with van der Waals surface area (Å²) in [6, 6.07) is 4.52. The second-order valence-corrected chi connectivity index (χ2v) is 4.19. The maximum atomic E-state index is 13.5. The molecular weight excluding hydrogens is 193 g/mol. The van der Waals surface area contributed by atoms with Gasteiger partial charge in [0.25, 0.3) is 0 Å². The van der Waals surface area contributed by atoms with Crippen LogP contribution in [0.3, 0.4) is 0 Å². The smallest absolute Gasteiger partial charge is 0.131 e. The Bertz CT molecular complexity index is 347. The van der Waals surface area contributed by atoms with Crippen molar-refractivity contribution in [3.05, 3.63) is 29.6 Å². The van der Waals surface area contributed by atoms with Crippen molar-refractivity contribution in [1.29, 1.82) is 0 Å². The molecule has 0 bridgehead atoms. The van der Waals surface area contributed by atoms with Crippen LogP contribution in [0.1, 0.15) is 31.4 Å². The lowest BCUT2D eigenvalue weighted by Crippen LogP contribution is -2.11. The first-order valence-electron chi connectivity index (χ1n) is 5.35. The molecule has 0 aliphatic heterocycles. The summed E-state index contributed by atoms with van der Waals surface area (Å²) in [4.78, 5) is 0. The molecule has 0 spiro atoms. The molecule has 1 atom stereocenters. The van der Waals surface area contributed by atoms with Crippen molar-refractivity contribution in [3.8, 4) is 5.75 Å². The average Bonchev–Trinajstić information content (AvgIpc) is 2.97. The molecule has 1 aliphatic rings. The highest BCUT2D eigenvalue weighted by molar-refractivity contribution is 5.36. The molecular formula is C12H16FNO. The molecule has 82 valence electrons. The van der Waals surface area contributed by atoms with E-state index >= 15 is 0 Å². The maximum absolute atomic E-state index is 13.5. The molecule has 2 N–H and O–H groups in total. The van der Waals surface area contributed by atoms with E-state index in [4.69, 9.17) is 10.5 Å². The first-order chi connectivity index (χ1) is 7.18. The zero-order chi connectivity index (χ0) is 10.8. The monoisotopic (exact) mass is 209 g/mol. The molecule has 0 amide bonds. The molecule has 0 aromatic heterocycles. The quantitative estimate of drug-likeness (QED) is 0.827. The third-order valence-corrected chi connectivity index (χ3v) is 2.64. The lowest BCUT2D eigenvalue weighted by Gasteiger charge is -2.14. The summed E-state index contributed by atoms with van der Waals surface area (Å²) < 4.78 is 19.1. The number of ether oxygens (including phenoxy) is 1. The zero-order valence-corrected chi connectivity index (χ0v) is 8.87. The Morgan fingerprint density at radius 3 is 2.87 bits per heavy atom. The van der Waals surface area contributed by atoms with Crippen LogP contribution in [0.25, 0.3) is 0 Å². The van der Waals surface area contributed by atoms with E-state index in [-0.39, 0.29) is 11.9 Å². The van der Waals surface area contributed by atoms with Crippen molar-refractivity contribution < 1.29 is 9.13 Å². The lowest BCUT2D eigenvalue weighted by molar-refractivity contribution is 0.293. The highest BCUT2D eigenvalue weighted by Gasteiger charge is 2.23.